The number of halogens is 1. The van der Waals surface area contributed by atoms with E-state index in [1.807, 2.05) is 6.08 Å². The molecule has 3 heteroatoms. The van der Waals surface area contributed by atoms with Crippen LogP contribution in [0.5, 0.6) is 0 Å². The summed E-state index contributed by atoms with van der Waals surface area (Å²) in [5.41, 5.74) is 0.923. The van der Waals surface area contributed by atoms with Crippen LogP contribution in [0.3, 0.4) is 0 Å². The van der Waals surface area contributed by atoms with Crippen molar-refractivity contribution < 1.29 is 4.39 Å². The molecule has 1 aromatic rings. The molecule has 1 unspecified atom stereocenters. The highest BCUT2D eigenvalue weighted by Crippen LogP contribution is 2.29. The maximum absolute atomic E-state index is 12.8. The summed E-state index contributed by atoms with van der Waals surface area (Å²) in [6.45, 7) is 0. The quantitative estimate of drug-likeness (QED) is 0.606. The first-order valence-electron chi connectivity index (χ1n) is 3.53. The average molecular weight is 181 g/mol. The van der Waals surface area contributed by atoms with Crippen molar-refractivity contribution in [1.29, 1.82) is 0 Å². The summed E-state index contributed by atoms with van der Waals surface area (Å²) in [5.74, 6) is 3.71. The zero-order valence-electron chi connectivity index (χ0n) is 6.38. The van der Waals surface area contributed by atoms with E-state index in [4.69, 9.17) is 0 Å². The standard InChI is InChI=1S/C9H8FNS/c1-12-9-3-2-8(10)6-7(9)4-5-11-12/h2-6,11H,1H2. The van der Waals surface area contributed by atoms with Gasteiger partial charge < -0.3 is 4.72 Å². The van der Waals surface area contributed by atoms with Gasteiger partial charge in [0.1, 0.15) is 5.82 Å². The summed E-state index contributed by atoms with van der Waals surface area (Å²) in [4.78, 5) is 1.07. The molecule has 0 bridgehead atoms. The molecule has 1 N–H and O–H groups in total. The number of benzene rings is 1. The Morgan fingerprint density at radius 2 is 2.25 bits per heavy atom. The number of fused-ring (bicyclic) bond motifs is 1. The second kappa shape index (κ2) is 2.75. The van der Waals surface area contributed by atoms with Crippen molar-refractivity contribution in [2.75, 3.05) is 0 Å². The second-order valence-electron chi connectivity index (χ2n) is 2.52. The van der Waals surface area contributed by atoms with Crippen LogP contribution in [-0.2, 0) is 0 Å². The van der Waals surface area contributed by atoms with Crippen molar-refractivity contribution in [3.05, 3.63) is 35.8 Å². The van der Waals surface area contributed by atoms with E-state index in [0.717, 1.165) is 10.5 Å². The SMILES string of the molecule is C=S1NC=Cc2cc(F)ccc21. The molecular formula is C9H8FNS. The van der Waals surface area contributed by atoms with Gasteiger partial charge in [0.15, 0.2) is 0 Å². The Kier molecular flexibility index (Phi) is 1.73. The van der Waals surface area contributed by atoms with E-state index in [9.17, 15) is 4.39 Å². The summed E-state index contributed by atoms with van der Waals surface area (Å²) in [7, 11) is -0.227. The Labute approximate surface area is 73.0 Å². The van der Waals surface area contributed by atoms with Gasteiger partial charge in [0.05, 0.1) is 0 Å². The van der Waals surface area contributed by atoms with Gasteiger partial charge >= 0.3 is 0 Å². The molecular weight excluding hydrogens is 173 g/mol. The molecule has 62 valence electrons. The molecule has 1 aromatic carbocycles. The smallest absolute Gasteiger partial charge is 0.123 e. The van der Waals surface area contributed by atoms with E-state index in [-0.39, 0.29) is 16.5 Å². The summed E-state index contributed by atoms with van der Waals surface area (Å²) in [6.07, 6.45) is 3.66. The third-order valence-corrected chi connectivity index (χ3v) is 3.03. The van der Waals surface area contributed by atoms with Gasteiger partial charge in [-0.3, -0.25) is 0 Å². The van der Waals surface area contributed by atoms with Gasteiger partial charge in [-0.2, -0.15) is 0 Å². The van der Waals surface area contributed by atoms with Gasteiger partial charge in [-0.05, 0) is 29.8 Å². The molecule has 0 amide bonds. The van der Waals surface area contributed by atoms with Crippen molar-refractivity contribution in [1.82, 2.24) is 4.72 Å². The van der Waals surface area contributed by atoms with Gasteiger partial charge in [-0.15, -0.1) is 0 Å². The molecule has 1 nitrogen and oxygen atoms in total. The molecule has 1 atom stereocenters. The summed E-state index contributed by atoms with van der Waals surface area (Å²) in [5, 5.41) is 0. The van der Waals surface area contributed by atoms with Gasteiger partial charge in [-0.1, -0.05) is 16.5 Å². The largest absolute Gasteiger partial charge is 0.339 e. The Morgan fingerprint density at radius 3 is 3.08 bits per heavy atom. The van der Waals surface area contributed by atoms with E-state index in [0.29, 0.717) is 0 Å². The zero-order valence-corrected chi connectivity index (χ0v) is 7.20. The molecule has 0 aliphatic carbocycles. The minimum Gasteiger partial charge on any atom is -0.339 e. The van der Waals surface area contributed by atoms with Crippen molar-refractivity contribution in [2.24, 2.45) is 0 Å². The molecule has 2 rings (SSSR count). The van der Waals surface area contributed by atoms with E-state index >= 15 is 0 Å². The predicted octanol–water partition coefficient (Wildman–Crippen LogP) is 2.37. The van der Waals surface area contributed by atoms with Crippen molar-refractivity contribution in [2.45, 2.75) is 4.90 Å². The van der Waals surface area contributed by atoms with Crippen LogP contribution in [0.15, 0.2) is 29.3 Å². The van der Waals surface area contributed by atoms with Gasteiger partial charge in [0.2, 0.25) is 0 Å². The van der Waals surface area contributed by atoms with Crippen LogP contribution in [-0.4, -0.2) is 5.87 Å². The number of nitrogens with one attached hydrogen (secondary N) is 1. The highest BCUT2D eigenvalue weighted by molar-refractivity contribution is 8.12. The van der Waals surface area contributed by atoms with Crippen LogP contribution in [0.2, 0.25) is 0 Å². The molecule has 0 aromatic heterocycles. The minimum atomic E-state index is -0.227. The number of hydrogen-bond donors (Lipinski definition) is 1. The Morgan fingerprint density at radius 1 is 1.42 bits per heavy atom. The van der Waals surface area contributed by atoms with Crippen LogP contribution < -0.4 is 4.72 Å². The number of rotatable bonds is 0. The fraction of sp³-hybridized carbons (Fsp3) is 0. The van der Waals surface area contributed by atoms with Crippen molar-refractivity contribution in [3.63, 3.8) is 0 Å². The third-order valence-electron chi connectivity index (χ3n) is 1.71. The molecule has 1 aliphatic rings. The summed E-state index contributed by atoms with van der Waals surface area (Å²) < 4.78 is 15.8. The van der Waals surface area contributed by atoms with Crippen LogP contribution in [0.25, 0.3) is 6.08 Å². The van der Waals surface area contributed by atoms with Crippen molar-refractivity contribution in [3.8, 4) is 0 Å². The average Bonchev–Trinajstić information content (AvgIpc) is 2.04. The van der Waals surface area contributed by atoms with E-state index < -0.39 is 0 Å². The van der Waals surface area contributed by atoms with Crippen LogP contribution in [0.4, 0.5) is 4.39 Å². The lowest BCUT2D eigenvalue weighted by Crippen LogP contribution is -2.01. The first-order valence-corrected chi connectivity index (χ1v) is 4.93. The molecule has 12 heavy (non-hydrogen) atoms. The first-order chi connectivity index (χ1) is 5.77. The summed E-state index contributed by atoms with van der Waals surface area (Å²) >= 11 is 0. The molecule has 1 heterocycles. The minimum absolute atomic E-state index is 0.197. The maximum atomic E-state index is 12.8. The molecule has 0 saturated carbocycles. The fourth-order valence-electron chi connectivity index (χ4n) is 1.14. The molecule has 0 spiro atoms. The predicted molar refractivity (Wildman–Crippen MR) is 51.5 cm³/mol. The molecule has 0 fully saturated rings. The van der Waals surface area contributed by atoms with E-state index in [1.54, 1.807) is 12.3 Å². The molecule has 0 radical (unpaired) electrons. The molecule has 1 aliphatic heterocycles. The fourth-order valence-corrected chi connectivity index (χ4v) is 2.15. The van der Waals surface area contributed by atoms with Crippen LogP contribution in [0.1, 0.15) is 5.56 Å². The van der Waals surface area contributed by atoms with Gasteiger partial charge in [-0.25, -0.2) is 4.39 Å². The highest BCUT2D eigenvalue weighted by Gasteiger charge is 2.06. The lowest BCUT2D eigenvalue weighted by Gasteiger charge is -2.15. The maximum Gasteiger partial charge on any atom is 0.123 e. The monoisotopic (exact) mass is 181 g/mol. The Balaban J connectivity index is 2.62. The first kappa shape index (κ1) is 7.55. The third kappa shape index (κ3) is 1.16. The zero-order chi connectivity index (χ0) is 8.55. The van der Waals surface area contributed by atoms with Gasteiger partial charge in [0.25, 0.3) is 0 Å². The Bertz CT molecular complexity index is 371. The van der Waals surface area contributed by atoms with Crippen LogP contribution in [0, 0.1) is 5.82 Å². The molecule has 0 saturated heterocycles. The normalized spacial score (nSPS) is 19.9. The van der Waals surface area contributed by atoms with Crippen LogP contribution >= 0.6 is 10.7 Å². The Hall–Kier alpha value is -1.09. The number of hydrogen-bond acceptors (Lipinski definition) is 1. The lowest BCUT2D eigenvalue weighted by molar-refractivity contribution is 0.626. The van der Waals surface area contributed by atoms with E-state index in [2.05, 4.69) is 10.6 Å². The topological polar surface area (TPSA) is 12.0 Å². The second-order valence-corrected chi connectivity index (χ2v) is 3.98. The highest BCUT2D eigenvalue weighted by atomic mass is 32.2. The summed E-state index contributed by atoms with van der Waals surface area (Å²) in [6, 6.07) is 4.76. The van der Waals surface area contributed by atoms with Crippen molar-refractivity contribution >= 4 is 22.6 Å². The lowest BCUT2D eigenvalue weighted by atomic mass is 10.2. The van der Waals surface area contributed by atoms with E-state index in [1.165, 1.54) is 12.1 Å². The van der Waals surface area contributed by atoms with Gasteiger partial charge in [0, 0.05) is 11.1 Å².